The number of piperazine rings is 1. The van der Waals surface area contributed by atoms with Crippen LogP contribution in [0.2, 0.25) is 0 Å². The minimum Gasteiger partial charge on any atom is -0.369 e. The summed E-state index contributed by atoms with van der Waals surface area (Å²) in [5, 5.41) is 6.80. The Balaban J connectivity index is 1.58. The van der Waals surface area contributed by atoms with Crippen LogP contribution in [0.5, 0.6) is 0 Å². The smallest absolute Gasteiger partial charge is 0.0367 e. The van der Waals surface area contributed by atoms with Gasteiger partial charge in [0.15, 0.2) is 0 Å². The zero-order valence-corrected chi connectivity index (χ0v) is 12.2. The molecule has 21 heavy (non-hydrogen) atoms. The van der Waals surface area contributed by atoms with E-state index in [1.807, 2.05) is 0 Å². The van der Waals surface area contributed by atoms with Crippen molar-refractivity contribution in [2.24, 2.45) is 0 Å². The number of rotatable bonds is 2. The Labute approximate surface area is 126 Å². The third kappa shape index (κ3) is 2.55. The van der Waals surface area contributed by atoms with Crippen molar-refractivity contribution in [2.75, 3.05) is 31.1 Å². The summed E-state index contributed by atoms with van der Waals surface area (Å²) in [6.07, 6.45) is 0. The largest absolute Gasteiger partial charge is 0.369 e. The minimum atomic E-state index is 1.00. The van der Waals surface area contributed by atoms with E-state index in [4.69, 9.17) is 0 Å². The van der Waals surface area contributed by atoms with E-state index >= 15 is 0 Å². The van der Waals surface area contributed by atoms with E-state index in [0.717, 1.165) is 39.3 Å². The number of hydrogen-bond donors (Lipinski definition) is 2. The van der Waals surface area contributed by atoms with Crippen LogP contribution in [0.4, 0.5) is 5.69 Å². The van der Waals surface area contributed by atoms with Crippen molar-refractivity contribution >= 4 is 5.69 Å². The van der Waals surface area contributed by atoms with Crippen molar-refractivity contribution < 1.29 is 0 Å². The van der Waals surface area contributed by atoms with Crippen molar-refractivity contribution in [2.45, 2.75) is 13.1 Å². The molecular weight excluding hydrogens is 258 g/mol. The topological polar surface area (TPSA) is 27.3 Å². The second-order valence-electron chi connectivity index (χ2n) is 5.87. The lowest BCUT2D eigenvalue weighted by Gasteiger charge is -2.29. The lowest BCUT2D eigenvalue weighted by atomic mass is 10.0. The van der Waals surface area contributed by atoms with Crippen LogP contribution in [0, 0.1) is 0 Å². The third-order valence-corrected chi connectivity index (χ3v) is 4.52. The summed E-state index contributed by atoms with van der Waals surface area (Å²) in [6.45, 7) is 6.38. The number of nitrogens with one attached hydrogen (secondary N) is 2. The zero-order chi connectivity index (χ0) is 14.1. The van der Waals surface area contributed by atoms with Gasteiger partial charge in [-0.15, -0.1) is 0 Å². The standard InChI is InChI=1S/C18H21N3/c1-2-16-12-20-13-17(16)11-15(1)14-3-5-18(6-4-14)21-9-7-19-8-10-21/h1-6,11,19-20H,7-10,12-13H2. The van der Waals surface area contributed by atoms with Gasteiger partial charge in [-0.1, -0.05) is 24.3 Å². The summed E-state index contributed by atoms with van der Waals surface area (Å²) in [7, 11) is 0. The summed E-state index contributed by atoms with van der Waals surface area (Å²) in [5.41, 5.74) is 6.85. The van der Waals surface area contributed by atoms with Crippen LogP contribution in [0.3, 0.4) is 0 Å². The second-order valence-corrected chi connectivity index (χ2v) is 5.87. The molecule has 3 heteroatoms. The first-order chi connectivity index (χ1) is 10.4. The van der Waals surface area contributed by atoms with Crippen LogP contribution < -0.4 is 15.5 Å². The molecule has 0 amide bonds. The first-order valence-electron chi connectivity index (χ1n) is 7.79. The predicted octanol–water partition coefficient (Wildman–Crippen LogP) is 2.37. The quantitative estimate of drug-likeness (QED) is 0.884. The number of fused-ring (bicyclic) bond motifs is 1. The minimum absolute atomic E-state index is 1.00. The monoisotopic (exact) mass is 279 g/mol. The van der Waals surface area contributed by atoms with Crippen molar-refractivity contribution in [1.29, 1.82) is 0 Å². The SMILES string of the molecule is c1cc(N2CCNCC2)ccc1-c1ccc2c(c1)CNC2. The molecule has 2 heterocycles. The van der Waals surface area contributed by atoms with Gasteiger partial charge in [0.05, 0.1) is 0 Å². The van der Waals surface area contributed by atoms with Gasteiger partial charge in [0.25, 0.3) is 0 Å². The van der Waals surface area contributed by atoms with Crippen LogP contribution in [0.1, 0.15) is 11.1 Å². The van der Waals surface area contributed by atoms with E-state index in [-0.39, 0.29) is 0 Å². The molecule has 108 valence electrons. The number of benzene rings is 2. The predicted molar refractivity (Wildman–Crippen MR) is 87.5 cm³/mol. The molecule has 0 unspecified atom stereocenters. The Hall–Kier alpha value is -1.84. The van der Waals surface area contributed by atoms with Gasteiger partial charge >= 0.3 is 0 Å². The van der Waals surface area contributed by atoms with Crippen LogP contribution in [0.25, 0.3) is 11.1 Å². The summed E-state index contributed by atoms with van der Waals surface area (Å²) in [6, 6.07) is 15.8. The van der Waals surface area contributed by atoms with Crippen molar-refractivity contribution in [3.05, 3.63) is 53.6 Å². The van der Waals surface area contributed by atoms with Gasteiger partial charge in [0, 0.05) is 45.0 Å². The van der Waals surface area contributed by atoms with Gasteiger partial charge < -0.3 is 15.5 Å². The van der Waals surface area contributed by atoms with Crippen molar-refractivity contribution in [1.82, 2.24) is 10.6 Å². The first-order valence-corrected chi connectivity index (χ1v) is 7.79. The summed E-state index contributed by atoms with van der Waals surface area (Å²) >= 11 is 0. The number of nitrogens with zero attached hydrogens (tertiary/aromatic N) is 1. The molecule has 0 aromatic heterocycles. The average Bonchev–Trinajstić information content (AvgIpc) is 3.03. The molecule has 4 rings (SSSR count). The molecule has 3 nitrogen and oxygen atoms in total. The molecule has 0 spiro atoms. The highest BCUT2D eigenvalue weighted by atomic mass is 15.2. The van der Waals surface area contributed by atoms with E-state index in [2.05, 4.69) is 58.0 Å². The van der Waals surface area contributed by atoms with Gasteiger partial charge in [-0.2, -0.15) is 0 Å². The van der Waals surface area contributed by atoms with E-state index < -0.39 is 0 Å². The van der Waals surface area contributed by atoms with Gasteiger partial charge in [-0.3, -0.25) is 0 Å². The molecule has 0 radical (unpaired) electrons. The molecule has 2 N–H and O–H groups in total. The average molecular weight is 279 g/mol. The summed E-state index contributed by atoms with van der Waals surface area (Å²) in [4.78, 5) is 2.45. The lowest BCUT2D eigenvalue weighted by molar-refractivity contribution is 0.589. The Morgan fingerprint density at radius 2 is 1.43 bits per heavy atom. The highest BCUT2D eigenvalue weighted by Crippen LogP contribution is 2.27. The maximum atomic E-state index is 3.41. The van der Waals surface area contributed by atoms with E-state index in [9.17, 15) is 0 Å². The Morgan fingerprint density at radius 1 is 0.714 bits per heavy atom. The van der Waals surface area contributed by atoms with Gasteiger partial charge in [-0.05, 0) is 40.5 Å². The molecular formula is C18H21N3. The fourth-order valence-electron chi connectivity index (χ4n) is 3.26. The van der Waals surface area contributed by atoms with E-state index in [1.165, 1.54) is 27.9 Å². The van der Waals surface area contributed by atoms with Crippen molar-refractivity contribution in [3.8, 4) is 11.1 Å². The molecule has 0 aliphatic carbocycles. The van der Waals surface area contributed by atoms with Gasteiger partial charge in [0.1, 0.15) is 0 Å². The van der Waals surface area contributed by atoms with Crippen LogP contribution in [-0.2, 0) is 13.1 Å². The van der Waals surface area contributed by atoms with E-state index in [1.54, 1.807) is 0 Å². The first kappa shape index (κ1) is 12.9. The highest BCUT2D eigenvalue weighted by Gasteiger charge is 2.12. The Morgan fingerprint density at radius 3 is 2.24 bits per heavy atom. The van der Waals surface area contributed by atoms with Crippen molar-refractivity contribution in [3.63, 3.8) is 0 Å². The number of anilines is 1. The zero-order valence-electron chi connectivity index (χ0n) is 12.2. The fraction of sp³-hybridized carbons (Fsp3) is 0.333. The van der Waals surface area contributed by atoms with Gasteiger partial charge in [-0.25, -0.2) is 0 Å². The fourth-order valence-corrected chi connectivity index (χ4v) is 3.26. The molecule has 2 aliphatic heterocycles. The number of hydrogen-bond acceptors (Lipinski definition) is 3. The summed E-state index contributed by atoms with van der Waals surface area (Å²) in [5.74, 6) is 0. The maximum Gasteiger partial charge on any atom is 0.0367 e. The lowest BCUT2D eigenvalue weighted by Crippen LogP contribution is -2.43. The second kappa shape index (κ2) is 5.51. The third-order valence-electron chi connectivity index (χ3n) is 4.52. The molecule has 0 bridgehead atoms. The summed E-state index contributed by atoms with van der Waals surface area (Å²) < 4.78 is 0. The molecule has 0 atom stereocenters. The Kier molecular flexibility index (Phi) is 3.37. The highest BCUT2D eigenvalue weighted by molar-refractivity contribution is 5.68. The Bertz CT molecular complexity index is 627. The molecule has 0 saturated carbocycles. The van der Waals surface area contributed by atoms with Crippen LogP contribution in [0.15, 0.2) is 42.5 Å². The normalized spacial score (nSPS) is 17.8. The van der Waals surface area contributed by atoms with E-state index in [0.29, 0.717) is 0 Å². The molecule has 1 fully saturated rings. The molecule has 2 aromatic carbocycles. The molecule has 1 saturated heterocycles. The molecule has 2 aliphatic rings. The van der Waals surface area contributed by atoms with Crippen LogP contribution >= 0.6 is 0 Å². The van der Waals surface area contributed by atoms with Crippen LogP contribution in [-0.4, -0.2) is 26.2 Å². The molecule has 2 aromatic rings. The maximum absolute atomic E-state index is 3.41. The van der Waals surface area contributed by atoms with Gasteiger partial charge in [0.2, 0.25) is 0 Å².